The summed E-state index contributed by atoms with van der Waals surface area (Å²) in [4.78, 5) is 2.42. The molecule has 0 aromatic rings. The molecule has 1 spiro atoms. The third-order valence-corrected chi connectivity index (χ3v) is 4.21. The quantitative estimate of drug-likeness (QED) is 0.772. The summed E-state index contributed by atoms with van der Waals surface area (Å²) in [5.74, 6) is 0. The predicted molar refractivity (Wildman–Crippen MR) is 60.8 cm³/mol. The summed E-state index contributed by atoms with van der Waals surface area (Å²) in [7, 11) is 0. The summed E-state index contributed by atoms with van der Waals surface area (Å²) < 4.78 is 12.6. The Morgan fingerprint density at radius 3 is 2.73 bits per heavy atom. The lowest BCUT2D eigenvalue weighted by atomic mass is 9.90. The molecular weight excluding hydrogens is 191 g/mol. The van der Waals surface area contributed by atoms with Gasteiger partial charge in [-0.15, -0.1) is 0 Å². The van der Waals surface area contributed by atoms with E-state index in [4.69, 9.17) is 0 Å². The van der Waals surface area contributed by atoms with Crippen molar-refractivity contribution in [2.45, 2.75) is 50.6 Å². The maximum absolute atomic E-state index is 12.6. The molecule has 2 aliphatic rings. The molecule has 1 N–H and O–H groups in total. The minimum atomic E-state index is -0.196. The molecule has 2 fully saturated rings. The van der Waals surface area contributed by atoms with Crippen molar-refractivity contribution in [2.24, 2.45) is 0 Å². The molecule has 0 aromatic carbocycles. The molecule has 2 rings (SSSR count). The van der Waals surface area contributed by atoms with Gasteiger partial charge in [-0.3, -0.25) is 4.90 Å². The van der Waals surface area contributed by atoms with Crippen molar-refractivity contribution in [3.8, 4) is 0 Å². The predicted octanol–water partition coefficient (Wildman–Crippen LogP) is 1.95. The summed E-state index contributed by atoms with van der Waals surface area (Å²) in [6.45, 7) is 4.76. The molecule has 1 heterocycles. The van der Waals surface area contributed by atoms with E-state index in [1.165, 1.54) is 25.7 Å². The standard InChI is InChI=1S/C12H23FN2/c1-2-11-9-15(8-7-13)12(10-14-11)5-3-4-6-12/h11,14H,2-10H2,1H3. The van der Waals surface area contributed by atoms with E-state index in [1.807, 2.05) is 0 Å². The van der Waals surface area contributed by atoms with Crippen LogP contribution < -0.4 is 5.32 Å². The average molecular weight is 214 g/mol. The Labute approximate surface area is 92.2 Å². The van der Waals surface area contributed by atoms with Gasteiger partial charge in [0, 0.05) is 31.2 Å². The Morgan fingerprint density at radius 2 is 2.13 bits per heavy atom. The lowest BCUT2D eigenvalue weighted by Gasteiger charge is -2.48. The maximum Gasteiger partial charge on any atom is 0.102 e. The van der Waals surface area contributed by atoms with Gasteiger partial charge in [-0.05, 0) is 19.3 Å². The Morgan fingerprint density at radius 1 is 1.40 bits per heavy atom. The smallest absolute Gasteiger partial charge is 0.102 e. The fourth-order valence-electron chi connectivity index (χ4n) is 3.20. The van der Waals surface area contributed by atoms with Gasteiger partial charge in [0.05, 0.1) is 0 Å². The first-order valence-electron chi connectivity index (χ1n) is 6.35. The monoisotopic (exact) mass is 214 g/mol. The lowest BCUT2D eigenvalue weighted by molar-refractivity contribution is 0.0373. The average Bonchev–Trinajstić information content (AvgIpc) is 2.72. The topological polar surface area (TPSA) is 15.3 Å². The van der Waals surface area contributed by atoms with E-state index in [-0.39, 0.29) is 6.67 Å². The van der Waals surface area contributed by atoms with Crippen LogP contribution in [0.2, 0.25) is 0 Å². The fourth-order valence-corrected chi connectivity index (χ4v) is 3.20. The minimum absolute atomic E-state index is 0.196. The van der Waals surface area contributed by atoms with Crippen LogP contribution in [0.4, 0.5) is 4.39 Å². The molecule has 1 unspecified atom stereocenters. The van der Waals surface area contributed by atoms with Crippen LogP contribution in [0.1, 0.15) is 39.0 Å². The van der Waals surface area contributed by atoms with Crippen molar-refractivity contribution in [1.29, 1.82) is 0 Å². The number of nitrogens with zero attached hydrogens (tertiary/aromatic N) is 1. The number of halogens is 1. The highest BCUT2D eigenvalue weighted by atomic mass is 19.1. The molecule has 1 saturated carbocycles. The summed E-state index contributed by atoms with van der Waals surface area (Å²) >= 11 is 0. The van der Waals surface area contributed by atoms with Crippen molar-refractivity contribution >= 4 is 0 Å². The zero-order valence-corrected chi connectivity index (χ0v) is 9.77. The number of hydrogen-bond donors (Lipinski definition) is 1. The van der Waals surface area contributed by atoms with Gasteiger partial charge in [0.15, 0.2) is 0 Å². The summed E-state index contributed by atoms with van der Waals surface area (Å²) in [6.07, 6.45) is 6.31. The first kappa shape index (κ1) is 11.3. The molecule has 1 atom stereocenters. The minimum Gasteiger partial charge on any atom is -0.311 e. The van der Waals surface area contributed by atoms with Crippen LogP contribution >= 0.6 is 0 Å². The molecule has 1 aliphatic heterocycles. The summed E-state index contributed by atoms with van der Waals surface area (Å²) in [5, 5.41) is 3.63. The Balaban J connectivity index is 2.03. The molecule has 0 bridgehead atoms. The molecule has 2 nitrogen and oxygen atoms in total. The summed E-state index contributed by atoms with van der Waals surface area (Å²) in [6, 6.07) is 0.572. The Hall–Kier alpha value is -0.150. The second kappa shape index (κ2) is 4.79. The first-order chi connectivity index (χ1) is 7.30. The SMILES string of the molecule is CCC1CN(CCF)C2(CCCC2)CN1. The van der Waals surface area contributed by atoms with E-state index in [9.17, 15) is 4.39 Å². The van der Waals surface area contributed by atoms with Gasteiger partial charge in [-0.25, -0.2) is 4.39 Å². The van der Waals surface area contributed by atoms with Gasteiger partial charge in [-0.2, -0.15) is 0 Å². The molecule has 0 aromatic heterocycles. The molecule has 88 valence electrons. The van der Waals surface area contributed by atoms with Gasteiger partial charge >= 0.3 is 0 Å². The number of piperazine rings is 1. The third kappa shape index (κ3) is 2.18. The van der Waals surface area contributed by atoms with Crippen LogP contribution in [-0.2, 0) is 0 Å². The third-order valence-electron chi connectivity index (χ3n) is 4.21. The van der Waals surface area contributed by atoms with Crippen LogP contribution in [0.25, 0.3) is 0 Å². The zero-order valence-electron chi connectivity index (χ0n) is 9.77. The highest BCUT2D eigenvalue weighted by Gasteiger charge is 2.42. The van der Waals surface area contributed by atoms with Gasteiger partial charge in [0.25, 0.3) is 0 Å². The highest BCUT2D eigenvalue weighted by molar-refractivity contribution is 5.01. The van der Waals surface area contributed by atoms with E-state index < -0.39 is 0 Å². The van der Waals surface area contributed by atoms with Crippen LogP contribution in [0.15, 0.2) is 0 Å². The van der Waals surface area contributed by atoms with E-state index >= 15 is 0 Å². The summed E-state index contributed by atoms with van der Waals surface area (Å²) in [5.41, 5.74) is 0.303. The first-order valence-corrected chi connectivity index (χ1v) is 6.35. The van der Waals surface area contributed by atoms with Crippen LogP contribution in [0.5, 0.6) is 0 Å². The molecule has 1 aliphatic carbocycles. The van der Waals surface area contributed by atoms with E-state index in [0.29, 0.717) is 18.1 Å². The van der Waals surface area contributed by atoms with E-state index in [1.54, 1.807) is 0 Å². The lowest BCUT2D eigenvalue weighted by Crippen LogP contribution is -2.63. The van der Waals surface area contributed by atoms with Crippen molar-refractivity contribution < 1.29 is 4.39 Å². The molecule has 0 radical (unpaired) electrons. The Bertz CT molecular complexity index is 202. The Kier molecular flexibility index (Phi) is 3.62. The van der Waals surface area contributed by atoms with Gasteiger partial charge in [0.2, 0.25) is 0 Å². The molecular formula is C12H23FN2. The van der Waals surface area contributed by atoms with Crippen LogP contribution in [0, 0.1) is 0 Å². The van der Waals surface area contributed by atoms with Crippen molar-refractivity contribution in [2.75, 3.05) is 26.3 Å². The number of hydrogen-bond acceptors (Lipinski definition) is 2. The number of rotatable bonds is 3. The molecule has 0 amide bonds. The fraction of sp³-hybridized carbons (Fsp3) is 1.00. The number of alkyl halides is 1. The van der Waals surface area contributed by atoms with Gasteiger partial charge < -0.3 is 5.32 Å². The largest absolute Gasteiger partial charge is 0.311 e. The van der Waals surface area contributed by atoms with Gasteiger partial charge in [0.1, 0.15) is 6.67 Å². The maximum atomic E-state index is 12.6. The van der Waals surface area contributed by atoms with E-state index in [2.05, 4.69) is 17.1 Å². The van der Waals surface area contributed by atoms with Crippen LogP contribution in [0.3, 0.4) is 0 Å². The zero-order chi connectivity index (χ0) is 10.7. The van der Waals surface area contributed by atoms with Crippen molar-refractivity contribution in [3.05, 3.63) is 0 Å². The highest BCUT2D eigenvalue weighted by Crippen LogP contribution is 2.36. The molecule has 1 saturated heterocycles. The normalized spacial score (nSPS) is 31.2. The second-order valence-corrected chi connectivity index (χ2v) is 5.05. The number of nitrogens with one attached hydrogen (secondary N) is 1. The van der Waals surface area contributed by atoms with Crippen molar-refractivity contribution in [3.63, 3.8) is 0 Å². The van der Waals surface area contributed by atoms with Crippen LogP contribution in [-0.4, -0.2) is 42.8 Å². The molecule has 15 heavy (non-hydrogen) atoms. The van der Waals surface area contributed by atoms with Gasteiger partial charge in [-0.1, -0.05) is 19.8 Å². The molecule has 3 heteroatoms. The second-order valence-electron chi connectivity index (χ2n) is 5.05. The van der Waals surface area contributed by atoms with Crippen molar-refractivity contribution in [1.82, 2.24) is 10.2 Å². The van der Waals surface area contributed by atoms with E-state index in [0.717, 1.165) is 19.5 Å².